The maximum absolute atomic E-state index is 13.4. The minimum absolute atomic E-state index is 0.207. The van der Waals surface area contributed by atoms with E-state index in [1.165, 1.54) is 12.1 Å². The summed E-state index contributed by atoms with van der Waals surface area (Å²) >= 11 is 0. The Morgan fingerprint density at radius 1 is 1.37 bits per heavy atom. The van der Waals surface area contributed by atoms with Crippen LogP contribution in [-0.2, 0) is 4.74 Å². The molecular weight excluding hydrogens is 249 g/mol. The molecule has 6 heteroatoms. The van der Waals surface area contributed by atoms with Gasteiger partial charge in [-0.2, -0.15) is 4.98 Å². The molecule has 100 valence electrons. The molecule has 1 saturated heterocycles. The summed E-state index contributed by atoms with van der Waals surface area (Å²) in [7, 11) is 0. The van der Waals surface area contributed by atoms with Crippen molar-refractivity contribution in [3.63, 3.8) is 0 Å². The second-order valence-corrected chi connectivity index (χ2v) is 4.54. The van der Waals surface area contributed by atoms with E-state index < -0.39 is 0 Å². The Hall–Kier alpha value is -1.79. The average molecular weight is 263 g/mol. The van der Waals surface area contributed by atoms with E-state index in [0.717, 1.165) is 12.1 Å². The number of hydrogen-bond acceptors (Lipinski definition) is 5. The standard InChI is InChI=1S/C13H14FN3O2/c1-8-4-9(6-10(14)5-8)13-16-12(17-19-13)11-7-15-2-3-18-11/h4-6,11,15H,2-3,7H2,1H3. The van der Waals surface area contributed by atoms with Crippen LogP contribution in [0, 0.1) is 12.7 Å². The third kappa shape index (κ3) is 2.64. The predicted molar refractivity (Wildman–Crippen MR) is 66.0 cm³/mol. The number of halogens is 1. The summed E-state index contributed by atoms with van der Waals surface area (Å²) in [6, 6.07) is 4.64. The molecule has 0 amide bonds. The quantitative estimate of drug-likeness (QED) is 0.896. The third-order valence-corrected chi connectivity index (χ3v) is 2.95. The molecule has 3 rings (SSSR count). The molecule has 0 bridgehead atoms. The first-order valence-corrected chi connectivity index (χ1v) is 6.16. The van der Waals surface area contributed by atoms with Gasteiger partial charge in [0.1, 0.15) is 11.9 Å². The van der Waals surface area contributed by atoms with E-state index in [0.29, 0.717) is 30.4 Å². The summed E-state index contributed by atoms with van der Waals surface area (Å²) in [5, 5.41) is 7.10. The van der Waals surface area contributed by atoms with Crippen molar-refractivity contribution >= 4 is 0 Å². The minimum atomic E-state index is -0.315. The Morgan fingerprint density at radius 3 is 3.00 bits per heavy atom. The van der Waals surface area contributed by atoms with Gasteiger partial charge in [0.2, 0.25) is 5.82 Å². The van der Waals surface area contributed by atoms with Crippen LogP contribution in [0.4, 0.5) is 4.39 Å². The number of hydrogen-bond donors (Lipinski definition) is 1. The minimum Gasteiger partial charge on any atom is -0.367 e. The predicted octanol–water partition coefficient (Wildman–Crippen LogP) is 1.85. The van der Waals surface area contributed by atoms with Crippen molar-refractivity contribution in [3.05, 3.63) is 35.4 Å². The largest absolute Gasteiger partial charge is 0.367 e. The first-order chi connectivity index (χ1) is 9.22. The fourth-order valence-corrected chi connectivity index (χ4v) is 2.07. The van der Waals surface area contributed by atoms with E-state index in [-0.39, 0.29) is 11.9 Å². The lowest BCUT2D eigenvalue weighted by molar-refractivity contribution is 0.0208. The second kappa shape index (κ2) is 5.07. The normalized spacial score (nSPS) is 19.6. The van der Waals surface area contributed by atoms with Gasteiger partial charge < -0.3 is 14.6 Å². The topological polar surface area (TPSA) is 60.2 Å². The lowest BCUT2D eigenvalue weighted by Gasteiger charge is -2.20. The number of aryl methyl sites for hydroxylation is 1. The molecular formula is C13H14FN3O2. The van der Waals surface area contributed by atoms with E-state index in [9.17, 15) is 4.39 Å². The molecule has 2 heterocycles. The molecule has 1 atom stereocenters. The first-order valence-electron chi connectivity index (χ1n) is 6.16. The molecule has 1 aromatic heterocycles. The Morgan fingerprint density at radius 2 is 2.26 bits per heavy atom. The van der Waals surface area contributed by atoms with Crippen LogP contribution in [0.1, 0.15) is 17.5 Å². The SMILES string of the molecule is Cc1cc(F)cc(-c2nc(C3CNCCO3)no2)c1. The van der Waals surface area contributed by atoms with Gasteiger partial charge in [-0.05, 0) is 30.7 Å². The van der Waals surface area contributed by atoms with Crippen LogP contribution in [0.3, 0.4) is 0 Å². The maximum atomic E-state index is 13.4. The highest BCUT2D eigenvalue weighted by molar-refractivity contribution is 5.54. The fourth-order valence-electron chi connectivity index (χ4n) is 2.07. The molecule has 1 aliphatic rings. The number of benzene rings is 1. The average Bonchev–Trinajstić information content (AvgIpc) is 2.88. The van der Waals surface area contributed by atoms with Crippen LogP contribution in [0.15, 0.2) is 22.7 Å². The van der Waals surface area contributed by atoms with Crippen molar-refractivity contribution in [3.8, 4) is 11.5 Å². The van der Waals surface area contributed by atoms with Crippen molar-refractivity contribution < 1.29 is 13.7 Å². The summed E-state index contributed by atoms with van der Waals surface area (Å²) in [5.74, 6) is 0.487. The summed E-state index contributed by atoms with van der Waals surface area (Å²) in [6.07, 6.45) is -0.207. The Bertz CT molecular complexity index is 559. The Kier molecular flexibility index (Phi) is 3.27. The molecule has 1 unspecified atom stereocenters. The summed E-state index contributed by atoms with van der Waals surface area (Å²) in [6.45, 7) is 3.91. The molecule has 0 spiro atoms. The van der Waals surface area contributed by atoms with Gasteiger partial charge in [0.05, 0.1) is 6.61 Å². The summed E-state index contributed by atoms with van der Waals surface area (Å²) in [4.78, 5) is 4.28. The number of morpholine rings is 1. The molecule has 1 aromatic carbocycles. The highest BCUT2D eigenvalue weighted by Gasteiger charge is 2.22. The van der Waals surface area contributed by atoms with Gasteiger partial charge in [0.25, 0.3) is 5.89 Å². The van der Waals surface area contributed by atoms with Gasteiger partial charge in [-0.25, -0.2) is 4.39 Å². The van der Waals surface area contributed by atoms with Crippen LogP contribution >= 0.6 is 0 Å². The van der Waals surface area contributed by atoms with Crippen molar-refractivity contribution in [2.45, 2.75) is 13.0 Å². The van der Waals surface area contributed by atoms with Gasteiger partial charge in [0.15, 0.2) is 0 Å². The Balaban J connectivity index is 1.87. The van der Waals surface area contributed by atoms with E-state index in [4.69, 9.17) is 9.26 Å². The van der Waals surface area contributed by atoms with Gasteiger partial charge in [-0.15, -0.1) is 0 Å². The monoisotopic (exact) mass is 263 g/mol. The van der Waals surface area contributed by atoms with Crippen LogP contribution in [0.5, 0.6) is 0 Å². The Labute approximate surface area is 109 Å². The maximum Gasteiger partial charge on any atom is 0.258 e. The van der Waals surface area contributed by atoms with Gasteiger partial charge in [0, 0.05) is 18.7 Å². The van der Waals surface area contributed by atoms with E-state index in [1.54, 1.807) is 6.07 Å². The second-order valence-electron chi connectivity index (χ2n) is 4.54. The van der Waals surface area contributed by atoms with Crippen LogP contribution in [-0.4, -0.2) is 29.8 Å². The number of aromatic nitrogens is 2. The van der Waals surface area contributed by atoms with Gasteiger partial charge in [-0.1, -0.05) is 5.16 Å². The van der Waals surface area contributed by atoms with Crippen LogP contribution < -0.4 is 5.32 Å². The summed E-state index contributed by atoms with van der Waals surface area (Å²) in [5.41, 5.74) is 1.39. The highest BCUT2D eigenvalue weighted by Crippen LogP contribution is 2.23. The number of nitrogens with one attached hydrogen (secondary N) is 1. The third-order valence-electron chi connectivity index (χ3n) is 2.95. The van der Waals surface area contributed by atoms with Crippen LogP contribution in [0.25, 0.3) is 11.5 Å². The number of nitrogens with zero attached hydrogens (tertiary/aromatic N) is 2. The van der Waals surface area contributed by atoms with Gasteiger partial charge >= 0.3 is 0 Å². The lowest BCUT2D eigenvalue weighted by atomic mass is 10.1. The fraction of sp³-hybridized carbons (Fsp3) is 0.385. The van der Waals surface area contributed by atoms with E-state index >= 15 is 0 Å². The molecule has 1 N–H and O–H groups in total. The lowest BCUT2D eigenvalue weighted by Crippen LogP contribution is -2.33. The number of ether oxygens (including phenoxy) is 1. The van der Waals surface area contributed by atoms with Crippen LogP contribution in [0.2, 0.25) is 0 Å². The van der Waals surface area contributed by atoms with Crippen molar-refractivity contribution in [1.29, 1.82) is 0 Å². The zero-order valence-corrected chi connectivity index (χ0v) is 10.5. The zero-order valence-electron chi connectivity index (χ0n) is 10.5. The molecule has 5 nitrogen and oxygen atoms in total. The molecule has 0 saturated carbocycles. The first kappa shape index (κ1) is 12.3. The molecule has 1 aliphatic heterocycles. The molecule has 0 radical (unpaired) electrons. The summed E-state index contributed by atoms with van der Waals surface area (Å²) < 4.78 is 24.1. The molecule has 0 aliphatic carbocycles. The van der Waals surface area contributed by atoms with Crippen molar-refractivity contribution in [2.75, 3.05) is 19.7 Å². The molecule has 19 heavy (non-hydrogen) atoms. The zero-order chi connectivity index (χ0) is 13.2. The number of rotatable bonds is 2. The van der Waals surface area contributed by atoms with Crippen molar-refractivity contribution in [2.24, 2.45) is 0 Å². The highest BCUT2D eigenvalue weighted by atomic mass is 19.1. The van der Waals surface area contributed by atoms with E-state index in [1.807, 2.05) is 6.92 Å². The molecule has 2 aromatic rings. The van der Waals surface area contributed by atoms with E-state index in [2.05, 4.69) is 15.5 Å². The molecule has 1 fully saturated rings. The van der Waals surface area contributed by atoms with Crippen molar-refractivity contribution in [1.82, 2.24) is 15.5 Å². The van der Waals surface area contributed by atoms with Gasteiger partial charge in [-0.3, -0.25) is 0 Å². The smallest absolute Gasteiger partial charge is 0.258 e.